The maximum absolute atomic E-state index is 13.1. The van der Waals surface area contributed by atoms with Gasteiger partial charge in [0.2, 0.25) is 6.10 Å². The third-order valence-corrected chi connectivity index (χ3v) is 6.12. The smallest absolute Gasteiger partial charge is 0.412 e. The molecule has 0 spiro atoms. The first kappa shape index (κ1) is 26.3. The van der Waals surface area contributed by atoms with E-state index in [1.54, 1.807) is 48.8 Å². The van der Waals surface area contributed by atoms with Gasteiger partial charge in [0.15, 0.2) is 0 Å². The number of rotatable bonds is 7. The molecule has 1 unspecified atom stereocenters. The van der Waals surface area contributed by atoms with Crippen LogP contribution in [0.4, 0.5) is 16.2 Å². The monoisotopic (exact) mass is 514 g/mol. The lowest BCUT2D eigenvalue weighted by Crippen LogP contribution is -2.40. The summed E-state index contributed by atoms with van der Waals surface area (Å²) >= 11 is 5.89. The van der Waals surface area contributed by atoms with Gasteiger partial charge in [0.05, 0.1) is 0 Å². The van der Waals surface area contributed by atoms with Crippen molar-refractivity contribution in [1.82, 2.24) is 10.3 Å². The number of anilines is 2. The first-order valence-electron chi connectivity index (χ1n) is 11.3. The quantitative estimate of drug-likeness (QED) is 0.436. The summed E-state index contributed by atoms with van der Waals surface area (Å²) in [5.74, 6) is 0.0235. The van der Waals surface area contributed by atoms with Crippen LogP contribution in [0.5, 0.6) is 0 Å². The molecular weight excluding hydrogens is 487 g/mol. The van der Waals surface area contributed by atoms with Gasteiger partial charge < -0.3 is 15.0 Å². The topological polar surface area (TPSA) is 83.6 Å². The van der Waals surface area contributed by atoms with Gasteiger partial charge >= 0.3 is 6.09 Å². The highest BCUT2D eigenvalue weighted by atomic mass is 35.5. The summed E-state index contributed by atoms with van der Waals surface area (Å²) in [5, 5.41) is 6.19. The number of halogens is 2. The van der Waals surface area contributed by atoms with Crippen LogP contribution in [-0.2, 0) is 9.53 Å². The molecule has 4 rings (SSSR count). The van der Waals surface area contributed by atoms with Crippen LogP contribution in [0.1, 0.15) is 24.5 Å². The molecule has 0 aliphatic carbocycles. The molecule has 0 saturated carbocycles. The van der Waals surface area contributed by atoms with Crippen LogP contribution < -0.4 is 15.5 Å². The number of nitrogens with one attached hydrogen (secondary N) is 2. The zero-order valence-corrected chi connectivity index (χ0v) is 20.7. The number of aromatic nitrogens is 1. The Hall–Kier alpha value is -3.29. The number of carbonyl (C=O) groups excluding carboxylic acids is 2. The first-order chi connectivity index (χ1) is 16.6. The second-order valence-corrected chi connectivity index (χ2v) is 8.65. The number of nitrogens with zero attached hydrogens (tertiary/aromatic N) is 2. The zero-order chi connectivity index (χ0) is 23.8. The number of benzene rings is 2. The minimum absolute atomic E-state index is 0. The number of ether oxygens (including phenoxy) is 1. The Morgan fingerprint density at radius 3 is 2.31 bits per heavy atom. The Labute approximate surface area is 216 Å². The minimum atomic E-state index is -1.05. The molecule has 9 heteroatoms. The number of piperidine rings is 1. The van der Waals surface area contributed by atoms with Gasteiger partial charge in [0.1, 0.15) is 0 Å². The Kier molecular flexibility index (Phi) is 9.76. The second-order valence-electron chi connectivity index (χ2n) is 8.21. The van der Waals surface area contributed by atoms with E-state index in [9.17, 15) is 9.59 Å². The molecular formula is C26H28Cl2N4O3. The normalized spacial score (nSPS) is 14.4. The molecule has 2 N–H and O–H groups in total. The Morgan fingerprint density at radius 1 is 1.00 bits per heavy atom. The van der Waals surface area contributed by atoms with Gasteiger partial charge in [-0.1, -0.05) is 41.9 Å². The van der Waals surface area contributed by atoms with Crippen LogP contribution in [0, 0.1) is 5.92 Å². The van der Waals surface area contributed by atoms with E-state index in [2.05, 4.69) is 20.5 Å². The largest absolute Gasteiger partial charge is 0.431 e. The van der Waals surface area contributed by atoms with Crippen molar-refractivity contribution in [2.45, 2.75) is 18.9 Å². The number of carbonyl (C=O) groups is 2. The van der Waals surface area contributed by atoms with Gasteiger partial charge in [0, 0.05) is 54.0 Å². The molecule has 2 amide bonds. The fraction of sp³-hybridized carbons (Fsp3) is 0.269. The van der Waals surface area contributed by atoms with Crippen molar-refractivity contribution in [3.8, 4) is 0 Å². The molecule has 1 aliphatic heterocycles. The Bertz CT molecular complexity index is 1080. The SMILES string of the molecule is Cl.O=C(Nc1ccc(Cl)cc1)OC(C(=O)NCC1CCN(c2ccncc2)CC1)c1ccccc1. The average molecular weight is 515 g/mol. The van der Waals surface area contributed by atoms with Crippen molar-refractivity contribution in [2.24, 2.45) is 5.92 Å². The molecule has 3 aromatic rings. The summed E-state index contributed by atoms with van der Waals surface area (Å²) in [6.07, 6.45) is 3.78. The van der Waals surface area contributed by atoms with Crippen molar-refractivity contribution in [3.63, 3.8) is 0 Å². The summed E-state index contributed by atoms with van der Waals surface area (Å²) in [7, 11) is 0. The van der Waals surface area contributed by atoms with Crippen LogP contribution in [0.15, 0.2) is 79.1 Å². The molecule has 35 heavy (non-hydrogen) atoms. The van der Waals surface area contributed by atoms with Crippen LogP contribution in [0.2, 0.25) is 5.02 Å². The van der Waals surface area contributed by atoms with Gasteiger partial charge in [-0.3, -0.25) is 15.1 Å². The van der Waals surface area contributed by atoms with Crippen LogP contribution in [0.3, 0.4) is 0 Å². The summed E-state index contributed by atoms with van der Waals surface area (Å²) in [6, 6.07) is 19.7. The fourth-order valence-electron chi connectivity index (χ4n) is 3.98. The zero-order valence-electron chi connectivity index (χ0n) is 19.1. The summed E-state index contributed by atoms with van der Waals surface area (Å²) in [6.45, 7) is 2.38. The van der Waals surface area contributed by atoms with Gasteiger partial charge in [-0.2, -0.15) is 0 Å². The van der Waals surface area contributed by atoms with E-state index < -0.39 is 12.2 Å². The van der Waals surface area contributed by atoms with Crippen molar-refractivity contribution in [2.75, 3.05) is 29.9 Å². The van der Waals surface area contributed by atoms with E-state index in [1.807, 2.05) is 30.3 Å². The minimum Gasteiger partial charge on any atom is -0.431 e. The standard InChI is InChI=1S/C26H27ClN4O3.ClH/c27-21-6-8-22(9-7-21)30-26(33)34-24(20-4-2-1-3-5-20)25(32)29-18-19-12-16-31(17-13-19)23-10-14-28-15-11-23;/h1-11,14-15,19,24H,12-13,16-18H2,(H,29,32)(H,30,33);1H. The predicted molar refractivity (Wildman–Crippen MR) is 140 cm³/mol. The molecule has 1 saturated heterocycles. The van der Waals surface area contributed by atoms with Gasteiger partial charge in [-0.05, 0) is 55.2 Å². The van der Waals surface area contributed by atoms with E-state index in [1.165, 1.54) is 5.69 Å². The number of hydrogen-bond acceptors (Lipinski definition) is 5. The molecule has 7 nitrogen and oxygen atoms in total. The Balaban J connectivity index is 0.00000342. The Morgan fingerprint density at radius 2 is 1.66 bits per heavy atom. The van der Waals surface area contributed by atoms with Crippen molar-refractivity contribution < 1.29 is 14.3 Å². The highest BCUT2D eigenvalue weighted by Gasteiger charge is 2.27. The third-order valence-electron chi connectivity index (χ3n) is 5.86. The van der Waals surface area contributed by atoms with Crippen LogP contribution in [-0.4, -0.2) is 36.6 Å². The molecule has 0 radical (unpaired) electrons. The van der Waals surface area contributed by atoms with E-state index in [4.69, 9.17) is 16.3 Å². The van der Waals surface area contributed by atoms with E-state index in [0.717, 1.165) is 25.9 Å². The lowest BCUT2D eigenvalue weighted by Gasteiger charge is -2.33. The van der Waals surface area contributed by atoms with Crippen molar-refractivity contribution >= 4 is 47.4 Å². The van der Waals surface area contributed by atoms with Crippen molar-refractivity contribution in [1.29, 1.82) is 0 Å². The van der Waals surface area contributed by atoms with E-state index in [-0.39, 0.29) is 18.3 Å². The first-order valence-corrected chi connectivity index (χ1v) is 11.7. The summed E-state index contributed by atoms with van der Waals surface area (Å²) in [5.41, 5.74) is 2.31. The average Bonchev–Trinajstić information content (AvgIpc) is 2.88. The molecule has 2 aromatic carbocycles. The number of pyridine rings is 1. The second kappa shape index (κ2) is 13.0. The maximum atomic E-state index is 13.1. The maximum Gasteiger partial charge on any atom is 0.412 e. The van der Waals surface area contributed by atoms with E-state index >= 15 is 0 Å². The van der Waals surface area contributed by atoms with Gasteiger partial charge in [-0.15, -0.1) is 12.4 Å². The molecule has 1 aliphatic rings. The lowest BCUT2D eigenvalue weighted by molar-refractivity contribution is -0.129. The molecule has 2 heterocycles. The van der Waals surface area contributed by atoms with Crippen LogP contribution >= 0.6 is 24.0 Å². The van der Waals surface area contributed by atoms with Gasteiger partial charge in [0.25, 0.3) is 5.91 Å². The van der Waals surface area contributed by atoms with E-state index in [0.29, 0.717) is 28.7 Å². The summed E-state index contributed by atoms with van der Waals surface area (Å²) in [4.78, 5) is 32.0. The molecule has 1 atom stereocenters. The lowest BCUT2D eigenvalue weighted by atomic mass is 9.96. The highest BCUT2D eigenvalue weighted by molar-refractivity contribution is 6.30. The number of hydrogen-bond donors (Lipinski definition) is 2. The molecule has 1 aromatic heterocycles. The number of amides is 2. The molecule has 1 fully saturated rings. The predicted octanol–water partition coefficient (Wildman–Crippen LogP) is 5.48. The van der Waals surface area contributed by atoms with Gasteiger partial charge in [-0.25, -0.2) is 4.79 Å². The van der Waals surface area contributed by atoms with Crippen molar-refractivity contribution in [3.05, 3.63) is 89.7 Å². The fourth-order valence-corrected chi connectivity index (χ4v) is 4.10. The third kappa shape index (κ3) is 7.60. The highest BCUT2D eigenvalue weighted by Crippen LogP contribution is 2.23. The molecule has 184 valence electrons. The molecule has 0 bridgehead atoms. The summed E-state index contributed by atoms with van der Waals surface area (Å²) < 4.78 is 5.54. The van der Waals surface area contributed by atoms with Crippen LogP contribution in [0.25, 0.3) is 0 Å².